The summed E-state index contributed by atoms with van der Waals surface area (Å²) in [6, 6.07) is 2.86. The lowest BCUT2D eigenvalue weighted by Gasteiger charge is -2.36. The highest BCUT2D eigenvalue weighted by Crippen LogP contribution is 2.25. The van der Waals surface area contributed by atoms with Crippen LogP contribution in [0.5, 0.6) is 0 Å². The number of nitrogens with one attached hydrogen (secondary N) is 2. The van der Waals surface area contributed by atoms with Crippen LogP contribution in [0.1, 0.15) is 6.92 Å². The lowest BCUT2D eigenvalue weighted by Crippen LogP contribution is -2.58. The second-order valence-corrected chi connectivity index (χ2v) is 4.73. The van der Waals surface area contributed by atoms with E-state index in [4.69, 9.17) is 0 Å². The maximum atomic E-state index is 13.6. The van der Waals surface area contributed by atoms with E-state index >= 15 is 0 Å². The molecule has 1 aromatic carbocycles. The maximum Gasteiger partial charge on any atom is 0.274 e. The van der Waals surface area contributed by atoms with Gasteiger partial charge in [0.25, 0.3) is 5.69 Å². The van der Waals surface area contributed by atoms with Gasteiger partial charge in [0.05, 0.1) is 11.0 Å². The van der Waals surface area contributed by atoms with Gasteiger partial charge in [-0.2, -0.15) is 0 Å². The lowest BCUT2D eigenvalue weighted by molar-refractivity contribution is -0.385. The van der Waals surface area contributed by atoms with E-state index in [1.165, 1.54) is 12.1 Å². The SMILES string of the molecule is CCNC(=O)C1CNCCN1c1cc(F)cc([N+](=O)[O-])c1. The predicted molar refractivity (Wildman–Crippen MR) is 75.7 cm³/mol. The molecule has 2 N–H and O–H groups in total. The molecular weight excluding hydrogens is 279 g/mol. The number of nitro groups is 1. The van der Waals surface area contributed by atoms with Crippen LogP contribution in [-0.2, 0) is 4.79 Å². The lowest BCUT2D eigenvalue weighted by atomic mass is 10.1. The summed E-state index contributed by atoms with van der Waals surface area (Å²) in [6.07, 6.45) is 0. The molecule has 8 heteroatoms. The van der Waals surface area contributed by atoms with E-state index in [9.17, 15) is 19.3 Å². The summed E-state index contributed by atoms with van der Waals surface area (Å²) >= 11 is 0. The van der Waals surface area contributed by atoms with Crippen molar-refractivity contribution in [3.05, 3.63) is 34.1 Å². The molecule has 0 saturated carbocycles. The summed E-state index contributed by atoms with van der Waals surface area (Å²) in [4.78, 5) is 23.9. The number of carbonyl (C=O) groups excluding carboxylic acids is 1. The Labute approximate surface area is 121 Å². The maximum absolute atomic E-state index is 13.6. The quantitative estimate of drug-likeness (QED) is 0.629. The topological polar surface area (TPSA) is 87.5 Å². The minimum absolute atomic E-state index is 0.184. The van der Waals surface area contributed by atoms with Gasteiger partial charge in [-0.25, -0.2) is 4.39 Å². The monoisotopic (exact) mass is 296 g/mol. The molecule has 1 unspecified atom stereocenters. The fraction of sp³-hybridized carbons (Fsp3) is 0.462. The van der Waals surface area contributed by atoms with Crippen molar-refractivity contribution >= 4 is 17.3 Å². The molecule has 2 rings (SSSR count). The molecule has 1 atom stereocenters. The molecule has 0 radical (unpaired) electrons. The first-order valence-corrected chi connectivity index (χ1v) is 6.73. The van der Waals surface area contributed by atoms with Gasteiger partial charge in [0.2, 0.25) is 5.91 Å². The van der Waals surface area contributed by atoms with E-state index in [1.54, 1.807) is 4.90 Å². The van der Waals surface area contributed by atoms with E-state index < -0.39 is 16.8 Å². The fourth-order valence-electron chi connectivity index (χ4n) is 2.37. The first-order valence-electron chi connectivity index (χ1n) is 6.73. The van der Waals surface area contributed by atoms with E-state index in [1.807, 2.05) is 6.92 Å². The van der Waals surface area contributed by atoms with Crippen LogP contribution in [0.4, 0.5) is 15.8 Å². The van der Waals surface area contributed by atoms with Gasteiger partial charge in [0.1, 0.15) is 11.9 Å². The van der Waals surface area contributed by atoms with Crippen LogP contribution in [0, 0.1) is 15.9 Å². The van der Waals surface area contributed by atoms with Crippen LogP contribution in [0.15, 0.2) is 18.2 Å². The summed E-state index contributed by atoms with van der Waals surface area (Å²) in [5.41, 5.74) is 0.0256. The normalized spacial score (nSPS) is 18.4. The van der Waals surface area contributed by atoms with Gasteiger partial charge in [-0.15, -0.1) is 0 Å². The number of anilines is 1. The summed E-state index contributed by atoms with van der Waals surface area (Å²) in [5.74, 6) is -0.871. The molecule has 0 bridgehead atoms. The zero-order valence-electron chi connectivity index (χ0n) is 11.6. The Morgan fingerprint density at radius 3 is 3.00 bits per heavy atom. The van der Waals surface area contributed by atoms with Gasteiger partial charge < -0.3 is 15.5 Å². The number of non-ortho nitro benzene ring substituents is 1. The number of hydrogen-bond acceptors (Lipinski definition) is 5. The molecule has 1 aromatic rings. The smallest absolute Gasteiger partial charge is 0.274 e. The van der Waals surface area contributed by atoms with Gasteiger partial charge in [-0.1, -0.05) is 0 Å². The minimum atomic E-state index is -0.688. The number of hydrogen-bond donors (Lipinski definition) is 2. The van der Waals surface area contributed by atoms with Gasteiger partial charge in [0.15, 0.2) is 0 Å². The molecule has 0 aromatic heterocycles. The third-order valence-corrected chi connectivity index (χ3v) is 3.31. The number of benzene rings is 1. The number of piperazine rings is 1. The molecular formula is C13H17FN4O3. The van der Waals surface area contributed by atoms with E-state index in [0.29, 0.717) is 31.9 Å². The third-order valence-electron chi connectivity index (χ3n) is 3.31. The van der Waals surface area contributed by atoms with E-state index in [0.717, 1.165) is 6.07 Å². The van der Waals surface area contributed by atoms with Crippen LogP contribution in [0.2, 0.25) is 0 Å². The van der Waals surface area contributed by atoms with Crippen LogP contribution < -0.4 is 15.5 Å². The second kappa shape index (κ2) is 6.49. The Morgan fingerprint density at radius 2 is 2.33 bits per heavy atom. The Hall–Kier alpha value is -2.22. The van der Waals surface area contributed by atoms with Crippen molar-refractivity contribution in [2.75, 3.05) is 31.1 Å². The zero-order valence-corrected chi connectivity index (χ0v) is 11.6. The van der Waals surface area contributed by atoms with Gasteiger partial charge in [-0.3, -0.25) is 14.9 Å². The highest BCUT2D eigenvalue weighted by molar-refractivity contribution is 5.86. The van der Waals surface area contributed by atoms with Crippen molar-refractivity contribution in [2.24, 2.45) is 0 Å². The van der Waals surface area contributed by atoms with Crippen LogP contribution in [0.25, 0.3) is 0 Å². The molecule has 1 amide bonds. The molecule has 0 aliphatic carbocycles. The Kier molecular flexibility index (Phi) is 4.69. The Bertz CT molecular complexity index is 552. The number of likely N-dealkylation sites (N-methyl/N-ethyl adjacent to an activating group) is 1. The van der Waals surface area contributed by atoms with Gasteiger partial charge in [0, 0.05) is 37.9 Å². The van der Waals surface area contributed by atoms with Crippen LogP contribution in [-0.4, -0.2) is 43.1 Å². The van der Waals surface area contributed by atoms with Crippen molar-refractivity contribution < 1.29 is 14.1 Å². The van der Waals surface area contributed by atoms with Crippen molar-refractivity contribution in [2.45, 2.75) is 13.0 Å². The highest BCUT2D eigenvalue weighted by Gasteiger charge is 2.29. The van der Waals surface area contributed by atoms with Crippen molar-refractivity contribution in [3.8, 4) is 0 Å². The number of halogens is 1. The Balaban J connectivity index is 2.32. The van der Waals surface area contributed by atoms with Crippen molar-refractivity contribution in [3.63, 3.8) is 0 Å². The number of carbonyl (C=O) groups is 1. The van der Waals surface area contributed by atoms with Gasteiger partial charge in [-0.05, 0) is 13.0 Å². The van der Waals surface area contributed by atoms with Crippen LogP contribution in [0.3, 0.4) is 0 Å². The average molecular weight is 296 g/mol. The highest BCUT2D eigenvalue weighted by atomic mass is 19.1. The van der Waals surface area contributed by atoms with Gasteiger partial charge >= 0.3 is 0 Å². The number of rotatable bonds is 4. The molecule has 114 valence electrons. The summed E-state index contributed by atoms with van der Waals surface area (Å²) in [6.45, 7) is 3.82. The third kappa shape index (κ3) is 3.46. The summed E-state index contributed by atoms with van der Waals surface area (Å²) in [5, 5.41) is 16.6. The first-order chi connectivity index (χ1) is 10.0. The zero-order chi connectivity index (χ0) is 15.4. The molecule has 7 nitrogen and oxygen atoms in total. The molecule has 1 heterocycles. The number of amides is 1. The molecule has 1 aliphatic heterocycles. The van der Waals surface area contributed by atoms with E-state index in [2.05, 4.69) is 10.6 Å². The summed E-state index contributed by atoms with van der Waals surface area (Å²) < 4.78 is 13.6. The molecule has 0 spiro atoms. The largest absolute Gasteiger partial charge is 0.357 e. The van der Waals surface area contributed by atoms with Crippen molar-refractivity contribution in [1.82, 2.24) is 10.6 Å². The average Bonchev–Trinajstić information content (AvgIpc) is 2.46. The predicted octanol–water partition coefficient (Wildman–Crippen LogP) is 0.648. The standard InChI is InChI=1S/C13H17FN4O3/c1-2-16-13(19)12-8-15-3-4-17(12)10-5-9(14)6-11(7-10)18(20)21/h5-7,12,15H,2-4,8H2,1H3,(H,16,19). The minimum Gasteiger partial charge on any atom is -0.357 e. The first kappa shape index (κ1) is 15.2. The number of nitrogens with zero attached hydrogens (tertiary/aromatic N) is 2. The Morgan fingerprint density at radius 1 is 1.57 bits per heavy atom. The molecule has 1 aliphatic rings. The summed E-state index contributed by atoms with van der Waals surface area (Å²) in [7, 11) is 0. The molecule has 1 fully saturated rings. The second-order valence-electron chi connectivity index (χ2n) is 4.73. The number of nitro benzene ring substituents is 1. The molecule has 1 saturated heterocycles. The van der Waals surface area contributed by atoms with Crippen LogP contribution >= 0.6 is 0 Å². The molecule has 21 heavy (non-hydrogen) atoms. The fourth-order valence-corrected chi connectivity index (χ4v) is 2.37. The van der Waals surface area contributed by atoms with E-state index in [-0.39, 0.29) is 11.6 Å². The van der Waals surface area contributed by atoms with Crippen molar-refractivity contribution in [1.29, 1.82) is 0 Å².